The van der Waals surface area contributed by atoms with E-state index in [0.717, 1.165) is 4.68 Å². The van der Waals surface area contributed by atoms with Crippen molar-refractivity contribution in [1.29, 1.82) is 0 Å². The number of benzene rings is 1. The van der Waals surface area contributed by atoms with Gasteiger partial charge in [0.2, 0.25) is 0 Å². The van der Waals surface area contributed by atoms with E-state index in [9.17, 15) is 14.9 Å². The van der Waals surface area contributed by atoms with Crippen molar-refractivity contribution in [2.24, 2.45) is 0 Å². The number of nitro groups is 1. The van der Waals surface area contributed by atoms with E-state index in [0.29, 0.717) is 16.5 Å². The van der Waals surface area contributed by atoms with Gasteiger partial charge in [0, 0.05) is 5.56 Å². The Morgan fingerprint density at radius 3 is 2.60 bits per heavy atom. The Kier molecular flexibility index (Phi) is 3.21. The van der Waals surface area contributed by atoms with Crippen LogP contribution in [0.1, 0.15) is 26.3 Å². The van der Waals surface area contributed by atoms with Gasteiger partial charge in [-0.15, -0.1) is 0 Å². The fourth-order valence-electron chi connectivity index (χ4n) is 1.89. The quantitative estimate of drug-likeness (QED) is 0.590. The molecule has 0 fully saturated rings. The number of carbonyl (C=O) groups is 1. The zero-order valence-corrected chi connectivity index (χ0v) is 11.7. The van der Waals surface area contributed by atoms with Crippen LogP contribution in [0.2, 0.25) is 0 Å². The zero-order chi connectivity index (χ0) is 15.1. The summed E-state index contributed by atoms with van der Waals surface area (Å²) in [5, 5.41) is 15.3. The summed E-state index contributed by atoms with van der Waals surface area (Å²) in [7, 11) is 0. The smallest absolute Gasteiger partial charge is 0.435 e. The van der Waals surface area contributed by atoms with Crippen molar-refractivity contribution in [3.63, 3.8) is 0 Å². The lowest BCUT2D eigenvalue weighted by molar-refractivity contribution is -0.383. The van der Waals surface area contributed by atoms with E-state index in [1.165, 1.54) is 6.20 Å². The van der Waals surface area contributed by atoms with Crippen LogP contribution in [0.3, 0.4) is 0 Å². The zero-order valence-electron chi connectivity index (χ0n) is 11.7. The van der Waals surface area contributed by atoms with Gasteiger partial charge in [0.15, 0.2) is 0 Å². The van der Waals surface area contributed by atoms with Gasteiger partial charge in [-0.1, -0.05) is 6.07 Å². The minimum absolute atomic E-state index is 0.0442. The second-order valence-electron chi connectivity index (χ2n) is 5.46. The van der Waals surface area contributed by atoms with E-state index in [-0.39, 0.29) is 5.69 Å². The van der Waals surface area contributed by atoms with Gasteiger partial charge in [0.05, 0.1) is 22.0 Å². The van der Waals surface area contributed by atoms with E-state index in [1.807, 2.05) is 0 Å². The number of rotatable bonds is 1. The average Bonchev–Trinajstić information content (AvgIpc) is 2.69. The second-order valence-corrected chi connectivity index (χ2v) is 5.46. The number of carbonyl (C=O) groups excluding carboxylic acids is 1. The lowest BCUT2D eigenvalue weighted by Gasteiger charge is -2.19. The molecule has 0 bridgehead atoms. The molecule has 1 aromatic carbocycles. The van der Waals surface area contributed by atoms with Gasteiger partial charge in [-0.05, 0) is 33.8 Å². The maximum absolute atomic E-state index is 12.0. The first-order chi connectivity index (χ1) is 9.20. The van der Waals surface area contributed by atoms with Gasteiger partial charge in [-0.2, -0.15) is 9.78 Å². The summed E-state index contributed by atoms with van der Waals surface area (Å²) in [6.07, 6.45) is 0.648. The number of nitrogens with zero attached hydrogens (tertiary/aromatic N) is 3. The summed E-state index contributed by atoms with van der Waals surface area (Å²) in [6.45, 7) is 6.86. The lowest BCUT2D eigenvalue weighted by atomic mass is 10.1. The summed E-state index contributed by atoms with van der Waals surface area (Å²) >= 11 is 0. The summed E-state index contributed by atoms with van der Waals surface area (Å²) in [5.41, 5.74) is 0.173. The molecule has 0 radical (unpaired) electrons. The Balaban J connectivity index is 2.56. The van der Waals surface area contributed by atoms with Gasteiger partial charge in [-0.3, -0.25) is 10.1 Å². The van der Waals surface area contributed by atoms with E-state index >= 15 is 0 Å². The third-order valence-electron chi connectivity index (χ3n) is 2.68. The van der Waals surface area contributed by atoms with Gasteiger partial charge in [0.25, 0.3) is 5.69 Å². The fraction of sp³-hybridized carbons (Fsp3) is 0.385. The number of fused-ring (bicyclic) bond motifs is 1. The summed E-state index contributed by atoms with van der Waals surface area (Å²) in [5.74, 6) is 0. The Morgan fingerprint density at radius 1 is 1.40 bits per heavy atom. The van der Waals surface area contributed by atoms with Crippen molar-refractivity contribution in [2.45, 2.75) is 33.3 Å². The SMILES string of the molecule is Cc1ccc2c(cnn2C(=O)OC(C)(C)C)c1[N+](=O)[O-]. The van der Waals surface area contributed by atoms with Crippen molar-refractivity contribution in [1.82, 2.24) is 9.78 Å². The molecule has 0 aliphatic heterocycles. The highest BCUT2D eigenvalue weighted by atomic mass is 16.6. The van der Waals surface area contributed by atoms with Crippen molar-refractivity contribution in [3.05, 3.63) is 34.0 Å². The van der Waals surface area contributed by atoms with Crippen LogP contribution >= 0.6 is 0 Å². The third-order valence-corrected chi connectivity index (χ3v) is 2.68. The highest BCUT2D eigenvalue weighted by Crippen LogP contribution is 2.29. The number of hydrogen-bond acceptors (Lipinski definition) is 5. The third kappa shape index (κ3) is 2.47. The van der Waals surface area contributed by atoms with Crippen molar-refractivity contribution in [2.75, 3.05) is 0 Å². The van der Waals surface area contributed by atoms with E-state index in [1.54, 1.807) is 39.8 Å². The molecule has 1 aromatic heterocycles. The maximum atomic E-state index is 12.0. The standard InChI is InChI=1S/C13H15N3O4/c1-8-5-6-10-9(11(8)16(18)19)7-14-15(10)12(17)20-13(2,3)4/h5-7H,1-4H3. The molecule has 0 aliphatic rings. The van der Waals surface area contributed by atoms with Crippen LogP contribution < -0.4 is 0 Å². The van der Waals surface area contributed by atoms with E-state index in [4.69, 9.17) is 4.74 Å². The van der Waals surface area contributed by atoms with E-state index in [2.05, 4.69) is 5.10 Å². The Labute approximate surface area is 115 Å². The van der Waals surface area contributed by atoms with Gasteiger partial charge < -0.3 is 4.74 Å². The topological polar surface area (TPSA) is 87.3 Å². The lowest BCUT2D eigenvalue weighted by Crippen LogP contribution is -2.27. The molecule has 2 rings (SSSR count). The molecule has 0 aliphatic carbocycles. The van der Waals surface area contributed by atoms with E-state index < -0.39 is 16.6 Å². The van der Waals surface area contributed by atoms with Gasteiger partial charge >= 0.3 is 6.09 Å². The van der Waals surface area contributed by atoms with Crippen molar-refractivity contribution >= 4 is 22.7 Å². The molecule has 0 spiro atoms. The van der Waals surface area contributed by atoms with Crippen molar-refractivity contribution in [3.8, 4) is 0 Å². The molecule has 0 atom stereocenters. The molecule has 7 heteroatoms. The molecule has 7 nitrogen and oxygen atoms in total. The Bertz CT molecular complexity index is 697. The minimum atomic E-state index is -0.661. The van der Waals surface area contributed by atoms with Crippen LogP contribution in [-0.4, -0.2) is 26.4 Å². The second kappa shape index (κ2) is 4.59. The Hall–Kier alpha value is -2.44. The molecule has 0 saturated carbocycles. The molecular formula is C13H15N3O4. The summed E-state index contributed by atoms with van der Waals surface area (Å²) < 4.78 is 6.25. The first-order valence-electron chi connectivity index (χ1n) is 6.06. The minimum Gasteiger partial charge on any atom is -0.442 e. The van der Waals surface area contributed by atoms with Gasteiger partial charge in [0.1, 0.15) is 5.60 Å². The predicted molar refractivity (Wildman–Crippen MR) is 72.8 cm³/mol. The van der Waals surface area contributed by atoms with Crippen molar-refractivity contribution < 1.29 is 14.5 Å². The number of aryl methyl sites for hydroxylation is 1. The first kappa shape index (κ1) is 14.0. The van der Waals surface area contributed by atoms with Crippen LogP contribution in [0, 0.1) is 17.0 Å². The molecule has 2 aromatic rings. The molecular weight excluding hydrogens is 262 g/mol. The summed E-state index contributed by atoms with van der Waals surface area (Å²) in [6, 6.07) is 3.21. The molecule has 0 saturated heterocycles. The Morgan fingerprint density at radius 2 is 2.05 bits per heavy atom. The highest BCUT2D eigenvalue weighted by molar-refractivity contribution is 5.94. The van der Waals surface area contributed by atoms with Crippen LogP contribution in [0.15, 0.2) is 18.3 Å². The fourth-order valence-corrected chi connectivity index (χ4v) is 1.89. The number of ether oxygens (including phenoxy) is 1. The number of nitro benzene ring substituents is 1. The van der Waals surface area contributed by atoms with Crippen LogP contribution in [-0.2, 0) is 4.74 Å². The molecule has 20 heavy (non-hydrogen) atoms. The normalized spacial score (nSPS) is 11.6. The number of aromatic nitrogens is 2. The highest BCUT2D eigenvalue weighted by Gasteiger charge is 2.24. The largest absolute Gasteiger partial charge is 0.442 e. The monoisotopic (exact) mass is 277 g/mol. The van der Waals surface area contributed by atoms with Gasteiger partial charge in [-0.25, -0.2) is 4.79 Å². The molecule has 0 unspecified atom stereocenters. The molecule has 0 N–H and O–H groups in total. The molecule has 106 valence electrons. The van der Waals surface area contributed by atoms with Crippen LogP contribution in [0.5, 0.6) is 0 Å². The predicted octanol–water partition coefficient (Wildman–Crippen LogP) is 3.04. The molecule has 1 heterocycles. The number of hydrogen-bond donors (Lipinski definition) is 0. The first-order valence-corrected chi connectivity index (χ1v) is 6.06. The van der Waals surface area contributed by atoms with Crippen LogP contribution in [0.4, 0.5) is 10.5 Å². The summed E-state index contributed by atoms with van der Waals surface area (Å²) in [4.78, 5) is 22.6. The van der Waals surface area contributed by atoms with Crippen LogP contribution in [0.25, 0.3) is 10.9 Å². The maximum Gasteiger partial charge on any atom is 0.435 e. The molecule has 0 amide bonds. The average molecular weight is 277 g/mol.